The summed E-state index contributed by atoms with van der Waals surface area (Å²) in [6.07, 6.45) is 3.71. The molecule has 0 radical (unpaired) electrons. The molecule has 1 aliphatic carbocycles. The molecule has 0 spiro atoms. The summed E-state index contributed by atoms with van der Waals surface area (Å²) in [6.45, 7) is 3.71. The Kier molecular flexibility index (Phi) is 4.01. The number of ether oxygens (including phenoxy) is 2. The molecular weight excluding hydrogens is 268 g/mol. The predicted octanol–water partition coefficient (Wildman–Crippen LogP) is 2.20. The second kappa shape index (κ2) is 5.93. The topological polar surface area (TPSA) is 64.8 Å². The lowest BCUT2D eigenvalue weighted by atomic mass is 10.1. The number of nitrogens with two attached hydrogens (primary N) is 1. The molecule has 1 saturated heterocycles. The van der Waals surface area contributed by atoms with Gasteiger partial charge in [0.25, 0.3) is 0 Å². The van der Waals surface area contributed by atoms with Crippen molar-refractivity contribution >= 4 is 17.3 Å². The van der Waals surface area contributed by atoms with E-state index in [1.54, 1.807) is 19.1 Å². The van der Waals surface area contributed by atoms with Gasteiger partial charge < -0.3 is 20.1 Å². The number of carbonyl (C=O) groups is 1. The Morgan fingerprint density at radius 1 is 1.48 bits per heavy atom. The standard InChI is InChI=1S/C16H22N2O3/c1-2-20-16(19)11-6-7-12(17)14(10-11)18-8-9-21-15-5-3-4-13(15)18/h6-7,10,13,15H,2-5,8-9,17H2,1H3. The highest BCUT2D eigenvalue weighted by atomic mass is 16.5. The van der Waals surface area contributed by atoms with Gasteiger partial charge in [-0.3, -0.25) is 0 Å². The van der Waals surface area contributed by atoms with Crippen LogP contribution in [0.2, 0.25) is 0 Å². The number of morpholine rings is 1. The minimum absolute atomic E-state index is 0.296. The van der Waals surface area contributed by atoms with Crippen molar-refractivity contribution < 1.29 is 14.3 Å². The van der Waals surface area contributed by atoms with Gasteiger partial charge in [0.05, 0.1) is 42.3 Å². The molecule has 0 aromatic heterocycles. The minimum atomic E-state index is -0.296. The van der Waals surface area contributed by atoms with Gasteiger partial charge in [0, 0.05) is 6.54 Å². The molecule has 2 atom stereocenters. The Morgan fingerprint density at radius 3 is 3.14 bits per heavy atom. The molecule has 1 aliphatic heterocycles. The maximum absolute atomic E-state index is 11.9. The highest BCUT2D eigenvalue weighted by molar-refractivity contribution is 5.92. The Morgan fingerprint density at radius 2 is 2.33 bits per heavy atom. The summed E-state index contributed by atoms with van der Waals surface area (Å²) in [5.41, 5.74) is 8.34. The molecule has 1 aromatic carbocycles. The van der Waals surface area contributed by atoms with Gasteiger partial charge in [-0.15, -0.1) is 0 Å². The van der Waals surface area contributed by atoms with Crippen LogP contribution in [0.4, 0.5) is 11.4 Å². The summed E-state index contributed by atoms with van der Waals surface area (Å²) in [7, 11) is 0. The van der Waals surface area contributed by atoms with E-state index in [0.717, 1.165) is 25.1 Å². The van der Waals surface area contributed by atoms with Crippen molar-refractivity contribution in [2.24, 2.45) is 0 Å². The Balaban J connectivity index is 1.89. The van der Waals surface area contributed by atoms with Crippen molar-refractivity contribution in [1.82, 2.24) is 0 Å². The second-order valence-electron chi connectivity index (χ2n) is 5.59. The van der Waals surface area contributed by atoms with E-state index < -0.39 is 0 Å². The highest BCUT2D eigenvalue weighted by Crippen LogP contribution is 2.36. The molecule has 2 unspecified atom stereocenters. The molecule has 1 aromatic rings. The molecule has 2 N–H and O–H groups in total. The predicted molar refractivity (Wildman–Crippen MR) is 81.5 cm³/mol. The number of rotatable bonds is 3. The second-order valence-corrected chi connectivity index (χ2v) is 5.59. The third-order valence-corrected chi connectivity index (χ3v) is 4.33. The van der Waals surface area contributed by atoms with Crippen LogP contribution in [0.1, 0.15) is 36.5 Å². The van der Waals surface area contributed by atoms with Crippen LogP contribution in [0.15, 0.2) is 18.2 Å². The molecule has 1 saturated carbocycles. The zero-order chi connectivity index (χ0) is 14.8. The number of nitrogens with zero attached hydrogens (tertiary/aromatic N) is 1. The smallest absolute Gasteiger partial charge is 0.338 e. The van der Waals surface area contributed by atoms with Crippen LogP contribution >= 0.6 is 0 Å². The van der Waals surface area contributed by atoms with E-state index in [-0.39, 0.29) is 5.97 Å². The lowest BCUT2D eigenvalue weighted by molar-refractivity contribution is 0.0257. The molecule has 2 fully saturated rings. The monoisotopic (exact) mass is 290 g/mol. The molecule has 1 heterocycles. The first-order chi connectivity index (χ1) is 10.2. The van der Waals surface area contributed by atoms with Crippen LogP contribution in [-0.4, -0.2) is 37.9 Å². The normalized spacial score (nSPS) is 24.7. The van der Waals surface area contributed by atoms with Gasteiger partial charge in [-0.2, -0.15) is 0 Å². The number of benzene rings is 1. The summed E-state index contributed by atoms with van der Waals surface area (Å²) < 4.78 is 10.9. The van der Waals surface area contributed by atoms with Crippen LogP contribution in [-0.2, 0) is 9.47 Å². The largest absolute Gasteiger partial charge is 0.462 e. The lowest BCUT2D eigenvalue weighted by Gasteiger charge is -2.40. The fourth-order valence-electron chi connectivity index (χ4n) is 3.36. The summed E-state index contributed by atoms with van der Waals surface area (Å²) in [5.74, 6) is -0.296. The SMILES string of the molecule is CCOC(=O)c1ccc(N)c(N2CCOC3CCCC32)c1. The van der Waals surface area contributed by atoms with Gasteiger partial charge in [0.1, 0.15) is 0 Å². The van der Waals surface area contributed by atoms with Gasteiger partial charge in [0.2, 0.25) is 0 Å². The third-order valence-electron chi connectivity index (χ3n) is 4.33. The number of anilines is 2. The van der Waals surface area contributed by atoms with Crippen LogP contribution < -0.4 is 10.6 Å². The van der Waals surface area contributed by atoms with Gasteiger partial charge >= 0.3 is 5.97 Å². The van der Waals surface area contributed by atoms with Crippen molar-refractivity contribution in [2.75, 3.05) is 30.4 Å². The summed E-state index contributed by atoms with van der Waals surface area (Å²) >= 11 is 0. The molecule has 0 bridgehead atoms. The number of esters is 1. The maximum atomic E-state index is 11.9. The molecule has 21 heavy (non-hydrogen) atoms. The Hall–Kier alpha value is -1.75. The molecule has 0 amide bonds. The van der Waals surface area contributed by atoms with Crippen LogP contribution in [0.5, 0.6) is 0 Å². The van der Waals surface area contributed by atoms with Crippen LogP contribution in [0, 0.1) is 0 Å². The summed E-state index contributed by atoms with van der Waals surface area (Å²) in [5, 5.41) is 0. The first-order valence-electron chi connectivity index (χ1n) is 7.65. The molecule has 5 nitrogen and oxygen atoms in total. The van der Waals surface area contributed by atoms with Crippen molar-refractivity contribution in [3.8, 4) is 0 Å². The zero-order valence-corrected chi connectivity index (χ0v) is 12.4. The molecule has 2 aliphatic rings. The van der Waals surface area contributed by atoms with Crippen molar-refractivity contribution in [3.05, 3.63) is 23.8 Å². The Labute approximate surface area is 125 Å². The van der Waals surface area contributed by atoms with Crippen molar-refractivity contribution in [2.45, 2.75) is 38.3 Å². The fraction of sp³-hybridized carbons (Fsp3) is 0.562. The zero-order valence-electron chi connectivity index (χ0n) is 12.4. The molecular formula is C16H22N2O3. The lowest BCUT2D eigenvalue weighted by Crippen LogP contribution is -2.49. The molecule has 5 heteroatoms. The summed E-state index contributed by atoms with van der Waals surface area (Å²) in [4.78, 5) is 14.2. The van der Waals surface area contributed by atoms with E-state index >= 15 is 0 Å². The maximum Gasteiger partial charge on any atom is 0.338 e. The van der Waals surface area contributed by atoms with Crippen LogP contribution in [0.25, 0.3) is 0 Å². The summed E-state index contributed by atoms with van der Waals surface area (Å²) in [6, 6.07) is 5.75. The van der Waals surface area contributed by atoms with E-state index in [0.29, 0.717) is 36.6 Å². The number of nitrogen functional groups attached to an aromatic ring is 1. The first-order valence-corrected chi connectivity index (χ1v) is 7.65. The Bertz CT molecular complexity index is 532. The molecule has 3 rings (SSSR count). The number of fused-ring (bicyclic) bond motifs is 1. The van der Waals surface area contributed by atoms with Crippen molar-refractivity contribution in [3.63, 3.8) is 0 Å². The third kappa shape index (κ3) is 2.70. The first kappa shape index (κ1) is 14.2. The molecule has 114 valence electrons. The van der Waals surface area contributed by atoms with Gasteiger partial charge in [-0.25, -0.2) is 4.79 Å². The van der Waals surface area contributed by atoms with Gasteiger partial charge in [-0.05, 0) is 44.4 Å². The number of hydrogen-bond acceptors (Lipinski definition) is 5. The van der Waals surface area contributed by atoms with Crippen molar-refractivity contribution in [1.29, 1.82) is 0 Å². The minimum Gasteiger partial charge on any atom is -0.462 e. The quantitative estimate of drug-likeness (QED) is 0.683. The van der Waals surface area contributed by atoms with E-state index in [4.69, 9.17) is 15.2 Å². The average molecular weight is 290 g/mol. The van der Waals surface area contributed by atoms with Crippen LogP contribution in [0.3, 0.4) is 0 Å². The fourth-order valence-corrected chi connectivity index (χ4v) is 3.36. The number of carbonyl (C=O) groups excluding carboxylic acids is 1. The van der Waals surface area contributed by atoms with E-state index in [1.165, 1.54) is 6.42 Å². The highest BCUT2D eigenvalue weighted by Gasteiger charge is 2.36. The van der Waals surface area contributed by atoms with Gasteiger partial charge in [0.15, 0.2) is 0 Å². The van der Waals surface area contributed by atoms with Gasteiger partial charge in [-0.1, -0.05) is 0 Å². The average Bonchev–Trinajstić information content (AvgIpc) is 2.96. The van der Waals surface area contributed by atoms with E-state index in [1.807, 2.05) is 6.07 Å². The van der Waals surface area contributed by atoms with E-state index in [9.17, 15) is 4.79 Å². The number of hydrogen-bond donors (Lipinski definition) is 1. The van der Waals surface area contributed by atoms with E-state index in [2.05, 4.69) is 4.90 Å².